The highest BCUT2D eigenvalue weighted by molar-refractivity contribution is 5.79. The highest BCUT2D eigenvalue weighted by atomic mass is 16.5. The number of carboxylic acids is 1. The van der Waals surface area contributed by atoms with Gasteiger partial charge < -0.3 is 14.9 Å². The molecule has 0 atom stereocenters. The van der Waals surface area contributed by atoms with Gasteiger partial charge in [0.05, 0.1) is 12.0 Å². The molecule has 80 valence electrons. The van der Waals surface area contributed by atoms with E-state index in [0.717, 1.165) is 19.3 Å². The maximum Gasteiger partial charge on any atom is 0.309 e. The quantitative estimate of drug-likeness (QED) is 0.617. The molecule has 0 saturated heterocycles. The Balaban J connectivity index is 1.66. The molecule has 2 bridgehead atoms. The van der Waals surface area contributed by atoms with E-state index in [1.54, 1.807) is 0 Å². The summed E-state index contributed by atoms with van der Waals surface area (Å²) in [5.41, 5.74) is -0.214. The van der Waals surface area contributed by atoms with E-state index in [2.05, 4.69) is 0 Å². The third-order valence-corrected chi connectivity index (χ3v) is 3.45. The normalized spacial score (nSPS) is 38.6. The predicted octanol–water partition coefficient (Wildman–Crippen LogP) is 0.640. The minimum absolute atomic E-state index is 0.159. The molecule has 3 aliphatic rings. The van der Waals surface area contributed by atoms with Crippen molar-refractivity contribution >= 4 is 5.97 Å². The molecule has 0 aromatic heterocycles. The van der Waals surface area contributed by atoms with Crippen molar-refractivity contribution in [2.45, 2.75) is 25.7 Å². The number of carbonyl (C=O) groups is 1. The Kier molecular flexibility index (Phi) is 2.27. The first kappa shape index (κ1) is 9.93. The van der Waals surface area contributed by atoms with Crippen LogP contribution < -0.4 is 0 Å². The van der Waals surface area contributed by atoms with Gasteiger partial charge in [0, 0.05) is 13.2 Å². The van der Waals surface area contributed by atoms with Crippen LogP contribution in [0.1, 0.15) is 25.7 Å². The third kappa shape index (κ3) is 1.33. The van der Waals surface area contributed by atoms with Crippen molar-refractivity contribution in [1.82, 2.24) is 0 Å². The first-order chi connectivity index (χ1) is 6.63. The summed E-state index contributed by atoms with van der Waals surface area (Å²) in [4.78, 5) is 10.8. The molecule has 0 radical (unpaired) electrons. The molecule has 0 heterocycles. The van der Waals surface area contributed by atoms with Crippen molar-refractivity contribution in [1.29, 1.82) is 0 Å². The molecule has 0 unspecified atom stereocenters. The minimum Gasteiger partial charge on any atom is -0.481 e. The van der Waals surface area contributed by atoms with Crippen LogP contribution >= 0.6 is 0 Å². The largest absolute Gasteiger partial charge is 0.481 e. The Hall–Kier alpha value is -0.610. The molecule has 14 heavy (non-hydrogen) atoms. The summed E-state index contributed by atoms with van der Waals surface area (Å²) in [6.07, 6.45) is 3.03. The Bertz CT molecular complexity index is 229. The summed E-state index contributed by atoms with van der Waals surface area (Å²) in [5.74, 6) is -0.644. The molecule has 0 aliphatic heterocycles. The average Bonchev–Trinajstić information content (AvgIpc) is 1.97. The van der Waals surface area contributed by atoms with E-state index in [4.69, 9.17) is 14.9 Å². The SMILES string of the molecule is O=C(O)C12CC(COCCCO)(C1)C2. The second-order valence-electron chi connectivity index (χ2n) is 4.75. The lowest BCUT2D eigenvalue weighted by Gasteiger charge is -2.68. The van der Waals surface area contributed by atoms with E-state index in [1.165, 1.54) is 0 Å². The highest BCUT2D eigenvalue weighted by Crippen LogP contribution is 2.73. The summed E-state index contributed by atoms with van der Waals surface area (Å²) in [5, 5.41) is 17.4. The summed E-state index contributed by atoms with van der Waals surface area (Å²) in [6, 6.07) is 0. The fourth-order valence-electron chi connectivity index (χ4n) is 2.83. The van der Waals surface area contributed by atoms with Crippen LogP contribution in [-0.2, 0) is 9.53 Å². The molecule has 3 aliphatic carbocycles. The number of aliphatic hydroxyl groups excluding tert-OH is 1. The van der Waals surface area contributed by atoms with Crippen molar-refractivity contribution in [3.05, 3.63) is 0 Å². The van der Waals surface area contributed by atoms with E-state index in [1.807, 2.05) is 0 Å². The smallest absolute Gasteiger partial charge is 0.309 e. The summed E-state index contributed by atoms with van der Waals surface area (Å²) < 4.78 is 5.39. The summed E-state index contributed by atoms with van der Waals surface area (Å²) in [7, 11) is 0. The third-order valence-electron chi connectivity index (χ3n) is 3.45. The molecular formula is C10H16O4. The zero-order valence-corrected chi connectivity index (χ0v) is 8.16. The van der Waals surface area contributed by atoms with Crippen molar-refractivity contribution < 1.29 is 19.7 Å². The summed E-state index contributed by atoms with van der Waals surface area (Å²) >= 11 is 0. The van der Waals surface area contributed by atoms with Crippen molar-refractivity contribution in [2.24, 2.45) is 10.8 Å². The van der Waals surface area contributed by atoms with Gasteiger partial charge in [-0.2, -0.15) is 0 Å². The van der Waals surface area contributed by atoms with Crippen LogP contribution in [0.3, 0.4) is 0 Å². The van der Waals surface area contributed by atoms with Gasteiger partial charge in [0.1, 0.15) is 0 Å². The van der Waals surface area contributed by atoms with Crippen molar-refractivity contribution in [3.8, 4) is 0 Å². The second kappa shape index (κ2) is 3.21. The lowest BCUT2D eigenvalue weighted by atomic mass is 9.35. The molecule has 4 nitrogen and oxygen atoms in total. The lowest BCUT2D eigenvalue weighted by molar-refractivity contribution is -0.239. The number of aliphatic carboxylic acids is 1. The van der Waals surface area contributed by atoms with Crippen LogP contribution in [0, 0.1) is 10.8 Å². The molecule has 0 aromatic carbocycles. The van der Waals surface area contributed by atoms with Gasteiger partial charge in [0.25, 0.3) is 0 Å². The van der Waals surface area contributed by atoms with Gasteiger partial charge in [-0.25, -0.2) is 0 Å². The Morgan fingerprint density at radius 1 is 1.36 bits per heavy atom. The molecular weight excluding hydrogens is 184 g/mol. The fraction of sp³-hybridized carbons (Fsp3) is 0.900. The first-order valence-electron chi connectivity index (χ1n) is 5.05. The monoisotopic (exact) mass is 200 g/mol. The van der Waals surface area contributed by atoms with E-state index >= 15 is 0 Å². The van der Waals surface area contributed by atoms with Gasteiger partial charge in [0.2, 0.25) is 0 Å². The number of hydrogen-bond donors (Lipinski definition) is 2. The fourth-order valence-corrected chi connectivity index (χ4v) is 2.83. The number of rotatable bonds is 6. The highest BCUT2D eigenvalue weighted by Gasteiger charge is 2.71. The van der Waals surface area contributed by atoms with Crippen LogP contribution in [0.15, 0.2) is 0 Å². The molecule has 3 rings (SSSR count). The van der Waals surface area contributed by atoms with Gasteiger partial charge in [-0.1, -0.05) is 0 Å². The van der Waals surface area contributed by atoms with E-state index < -0.39 is 5.97 Å². The van der Waals surface area contributed by atoms with Crippen LogP contribution in [0.5, 0.6) is 0 Å². The summed E-state index contributed by atoms with van der Waals surface area (Å²) in [6.45, 7) is 1.41. The lowest BCUT2D eigenvalue weighted by Crippen LogP contribution is -2.67. The van der Waals surface area contributed by atoms with Crippen LogP contribution in [0.4, 0.5) is 0 Å². The molecule has 4 heteroatoms. The zero-order valence-electron chi connectivity index (χ0n) is 8.16. The van der Waals surface area contributed by atoms with Gasteiger partial charge >= 0.3 is 5.97 Å². The Labute approximate surface area is 82.9 Å². The molecule has 3 saturated carbocycles. The molecule has 0 aromatic rings. The Morgan fingerprint density at radius 3 is 2.50 bits per heavy atom. The van der Waals surface area contributed by atoms with E-state index in [9.17, 15) is 4.79 Å². The van der Waals surface area contributed by atoms with Gasteiger partial charge in [-0.3, -0.25) is 4.79 Å². The maximum absolute atomic E-state index is 10.8. The van der Waals surface area contributed by atoms with Gasteiger partial charge in [0.15, 0.2) is 0 Å². The number of ether oxygens (including phenoxy) is 1. The van der Waals surface area contributed by atoms with E-state index in [0.29, 0.717) is 19.6 Å². The maximum atomic E-state index is 10.8. The molecule has 2 N–H and O–H groups in total. The van der Waals surface area contributed by atoms with Crippen LogP contribution in [0.25, 0.3) is 0 Å². The molecule has 0 amide bonds. The Morgan fingerprint density at radius 2 is 2.00 bits per heavy atom. The van der Waals surface area contributed by atoms with Gasteiger partial charge in [-0.15, -0.1) is 0 Å². The average molecular weight is 200 g/mol. The van der Waals surface area contributed by atoms with Crippen LogP contribution in [-0.4, -0.2) is 36.0 Å². The first-order valence-corrected chi connectivity index (χ1v) is 5.05. The zero-order chi connectivity index (χ0) is 10.2. The molecule has 3 fully saturated rings. The topological polar surface area (TPSA) is 66.8 Å². The minimum atomic E-state index is -0.644. The van der Waals surface area contributed by atoms with Gasteiger partial charge in [-0.05, 0) is 31.1 Å². The number of aliphatic hydroxyl groups is 1. The second-order valence-corrected chi connectivity index (χ2v) is 4.75. The predicted molar refractivity (Wildman–Crippen MR) is 48.9 cm³/mol. The molecule has 0 spiro atoms. The van der Waals surface area contributed by atoms with E-state index in [-0.39, 0.29) is 17.4 Å². The standard InChI is InChI=1S/C10H16O4/c11-2-1-3-14-7-9-4-10(5-9,6-9)8(12)13/h11H,1-7H2,(H,12,13). The number of carboxylic acid groups (broad SMARTS) is 1. The van der Waals surface area contributed by atoms with Crippen molar-refractivity contribution in [3.63, 3.8) is 0 Å². The van der Waals surface area contributed by atoms with Crippen LogP contribution in [0.2, 0.25) is 0 Å². The number of hydrogen-bond acceptors (Lipinski definition) is 3. The van der Waals surface area contributed by atoms with Crippen molar-refractivity contribution in [2.75, 3.05) is 19.8 Å².